The molecule has 1 N–H and O–H groups in total. The number of hydrogen-bond donors (Lipinski definition) is 1. The number of ether oxygens (including phenoxy) is 1. The van der Waals surface area contributed by atoms with Gasteiger partial charge in [-0.1, -0.05) is 6.07 Å². The Balaban J connectivity index is 1.31. The highest BCUT2D eigenvalue weighted by molar-refractivity contribution is 5.53. The van der Waals surface area contributed by atoms with E-state index in [1.807, 2.05) is 23.0 Å². The summed E-state index contributed by atoms with van der Waals surface area (Å²) in [5, 5.41) is 7.89. The third-order valence-corrected chi connectivity index (χ3v) is 4.66. The molecule has 0 aromatic carbocycles. The van der Waals surface area contributed by atoms with E-state index < -0.39 is 0 Å². The minimum Gasteiger partial charge on any atom is -0.374 e. The first kappa shape index (κ1) is 13.2. The zero-order chi connectivity index (χ0) is 14.1. The molecule has 4 rings (SSSR count). The van der Waals surface area contributed by atoms with Gasteiger partial charge in [-0.05, 0) is 31.5 Å². The Morgan fingerprint density at radius 2 is 2.38 bits per heavy atom. The van der Waals surface area contributed by atoms with Gasteiger partial charge in [0, 0.05) is 37.4 Å². The lowest BCUT2D eigenvalue weighted by Gasteiger charge is -2.35. The number of pyridine rings is 1. The molecule has 2 atom stereocenters. The molecule has 2 aromatic heterocycles. The largest absolute Gasteiger partial charge is 0.374 e. The molecule has 2 aliphatic rings. The Morgan fingerprint density at radius 1 is 1.38 bits per heavy atom. The number of aromatic nitrogens is 2. The van der Waals surface area contributed by atoms with Crippen LogP contribution in [0.15, 0.2) is 30.6 Å². The van der Waals surface area contributed by atoms with E-state index in [1.165, 1.54) is 30.5 Å². The van der Waals surface area contributed by atoms with Crippen molar-refractivity contribution in [3.05, 3.63) is 36.2 Å². The fourth-order valence-electron chi connectivity index (χ4n) is 3.50. The molecule has 2 aromatic rings. The number of morpholine rings is 1. The van der Waals surface area contributed by atoms with Gasteiger partial charge < -0.3 is 10.1 Å². The Hall–Kier alpha value is -1.43. The van der Waals surface area contributed by atoms with Crippen molar-refractivity contribution in [1.82, 2.24) is 19.8 Å². The zero-order valence-corrected chi connectivity index (χ0v) is 12.2. The van der Waals surface area contributed by atoms with Crippen molar-refractivity contribution in [2.45, 2.75) is 31.5 Å². The van der Waals surface area contributed by atoms with Gasteiger partial charge in [0.15, 0.2) is 0 Å². The van der Waals surface area contributed by atoms with Crippen LogP contribution in [0, 0.1) is 0 Å². The summed E-state index contributed by atoms with van der Waals surface area (Å²) in [4.78, 5) is 2.59. The lowest BCUT2D eigenvalue weighted by atomic mass is 10.2. The van der Waals surface area contributed by atoms with Crippen LogP contribution in [0.5, 0.6) is 0 Å². The molecule has 2 saturated heterocycles. The van der Waals surface area contributed by atoms with Crippen LogP contribution < -0.4 is 5.32 Å². The molecule has 0 amide bonds. The molecule has 0 saturated carbocycles. The molecule has 0 spiro atoms. The van der Waals surface area contributed by atoms with Crippen LogP contribution in [0.2, 0.25) is 0 Å². The van der Waals surface area contributed by atoms with Crippen molar-refractivity contribution in [3.63, 3.8) is 0 Å². The van der Waals surface area contributed by atoms with E-state index in [1.54, 1.807) is 0 Å². The minimum atomic E-state index is 0.321. The molecule has 0 aliphatic carbocycles. The molecule has 4 heterocycles. The van der Waals surface area contributed by atoms with Gasteiger partial charge in [0.25, 0.3) is 0 Å². The Morgan fingerprint density at radius 3 is 3.38 bits per heavy atom. The molecule has 112 valence electrons. The van der Waals surface area contributed by atoms with E-state index in [-0.39, 0.29) is 0 Å². The molecule has 2 unspecified atom stereocenters. The number of nitrogens with one attached hydrogen (secondary N) is 1. The van der Waals surface area contributed by atoms with Crippen molar-refractivity contribution in [2.24, 2.45) is 0 Å². The summed E-state index contributed by atoms with van der Waals surface area (Å²) in [6, 6.07) is 6.84. The van der Waals surface area contributed by atoms with Crippen LogP contribution >= 0.6 is 0 Å². The normalized spacial score (nSPS) is 26.3. The average molecular weight is 286 g/mol. The third-order valence-electron chi connectivity index (χ3n) is 4.66. The fraction of sp³-hybridized carbons (Fsp3) is 0.562. The number of hydrogen-bond acceptors (Lipinski definition) is 4. The van der Waals surface area contributed by atoms with Crippen LogP contribution in [0.4, 0.5) is 0 Å². The predicted octanol–water partition coefficient (Wildman–Crippen LogP) is 1.29. The third kappa shape index (κ3) is 2.69. The summed E-state index contributed by atoms with van der Waals surface area (Å²) in [5.74, 6) is 0. The molecular formula is C16H22N4O. The maximum absolute atomic E-state index is 5.97. The van der Waals surface area contributed by atoms with Crippen molar-refractivity contribution in [3.8, 4) is 0 Å². The Labute approximate surface area is 124 Å². The van der Waals surface area contributed by atoms with Gasteiger partial charge in [0.2, 0.25) is 0 Å². The van der Waals surface area contributed by atoms with Crippen molar-refractivity contribution in [2.75, 3.05) is 26.2 Å². The summed E-state index contributed by atoms with van der Waals surface area (Å²) in [6.07, 6.45) is 6.89. The summed E-state index contributed by atoms with van der Waals surface area (Å²) >= 11 is 0. The van der Waals surface area contributed by atoms with Crippen LogP contribution in [-0.2, 0) is 11.3 Å². The summed E-state index contributed by atoms with van der Waals surface area (Å²) in [5.41, 5.74) is 2.42. The van der Waals surface area contributed by atoms with Crippen LogP contribution in [0.1, 0.15) is 18.4 Å². The van der Waals surface area contributed by atoms with E-state index in [9.17, 15) is 0 Å². The van der Waals surface area contributed by atoms with Crippen molar-refractivity contribution < 1.29 is 4.74 Å². The van der Waals surface area contributed by atoms with E-state index in [4.69, 9.17) is 4.74 Å². The number of nitrogens with zero attached hydrogens (tertiary/aromatic N) is 3. The van der Waals surface area contributed by atoms with E-state index in [2.05, 4.69) is 27.4 Å². The second-order valence-electron chi connectivity index (χ2n) is 6.08. The first-order chi connectivity index (χ1) is 10.4. The highest BCUT2D eigenvalue weighted by atomic mass is 16.5. The first-order valence-corrected chi connectivity index (χ1v) is 7.88. The van der Waals surface area contributed by atoms with E-state index >= 15 is 0 Å². The standard InChI is InChI=1S/C16H22N4O/c1-2-7-20-16(5-1)13(9-18-20)8-17-10-15-11-19-6-3-4-14(19)12-21-15/h1-2,5,7,9,14-15,17H,3-4,6,8,10-12H2. The summed E-state index contributed by atoms with van der Waals surface area (Å²) in [7, 11) is 0. The van der Waals surface area contributed by atoms with Gasteiger partial charge in [-0.15, -0.1) is 0 Å². The van der Waals surface area contributed by atoms with E-state index in [0.717, 1.165) is 26.2 Å². The molecule has 5 nitrogen and oxygen atoms in total. The van der Waals surface area contributed by atoms with Crippen LogP contribution in [-0.4, -0.2) is 52.9 Å². The van der Waals surface area contributed by atoms with Gasteiger partial charge >= 0.3 is 0 Å². The second-order valence-corrected chi connectivity index (χ2v) is 6.08. The zero-order valence-electron chi connectivity index (χ0n) is 12.2. The smallest absolute Gasteiger partial charge is 0.0827 e. The van der Waals surface area contributed by atoms with Gasteiger partial charge in [0.1, 0.15) is 0 Å². The lowest BCUT2D eigenvalue weighted by Crippen LogP contribution is -2.49. The van der Waals surface area contributed by atoms with Gasteiger partial charge in [0.05, 0.1) is 24.4 Å². The highest BCUT2D eigenvalue weighted by Gasteiger charge is 2.31. The molecule has 0 bridgehead atoms. The summed E-state index contributed by atoms with van der Waals surface area (Å²) < 4.78 is 7.89. The maximum atomic E-state index is 5.97. The van der Waals surface area contributed by atoms with Gasteiger partial charge in [-0.2, -0.15) is 5.10 Å². The second kappa shape index (κ2) is 5.75. The lowest BCUT2D eigenvalue weighted by molar-refractivity contribution is -0.0470. The molecule has 5 heteroatoms. The number of fused-ring (bicyclic) bond motifs is 2. The molecule has 21 heavy (non-hydrogen) atoms. The maximum Gasteiger partial charge on any atom is 0.0827 e. The predicted molar refractivity (Wildman–Crippen MR) is 81.2 cm³/mol. The molecule has 2 aliphatic heterocycles. The number of rotatable bonds is 4. The van der Waals surface area contributed by atoms with Gasteiger partial charge in [-0.25, -0.2) is 4.52 Å². The topological polar surface area (TPSA) is 41.8 Å². The minimum absolute atomic E-state index is 0.321. The van der Waals surface area contributed by atoms with Crippen LogP contribution in [0.3, 0.4) is 0 Å². The van der Waals surface area contributed by atoms with Crippen molar-refractivity contribution >= 4 is 5.52 Å². The average Bonchev–Trinajstić information content (AvgIpc) is 3.14. The monoisotopic (exact) mass is 286 g/mol. The summed E-state index contributed by atoms with van der Waals surface area (Å²) in [6.45, 7) is 4.98. The van der Waals surface area contributed by atoms with Crippen LogP contribution in [0.25, 0.3) is 5.52 Å². The fourth-order valence-corrected chi connectivity index (χ4v) is 3.50. The molecular weight excluding hydrogens is 264 g/mol. The van der Waals surface area contributed by atoms with E-state index in [0.29, 0.717) is 12.1 Å². The quantitative estimate of drug-likeness (QED) is 0.919. The van der Waals surface area contributed by atoms with Gasteiger partial charge in [-0.3, -0.25) is 4.90 Å². The highest BCUT2D eigenvalue weighted by Crippen LogP contribution is 2.22. The first-order valence-electron chi connectivity index (χ1n) is 7.88. The molecule has 2 fully saturated rings. The SMILES string of the molecule is c1ccn2ncc(CNCC3CN4CCCC4CO3)c2c1. The van der Waals surface area contributed by atoms with Crippen molar-refractivity contribution in [1.29, 1.82) is 0 Å². The molecule has 0 radical (unpaired) electrons. The Bertz CT molecular complexity index is 611. The Kier molecular flexibility index (Phi) is 3.63.